The summed E-state index contributed by atoms with van der Waals surface area (Å²) in [6.45, 7) is -0.0878. The van der Waals surface area contributed by atoms with Crippen molar-refractivity contribution in [3.8, 4) is 18.1 Å². The van der Waals surface area contributed by atoms with E-state index in [-0.39, 0.29) is 17.7 Å². The maximum Gasteiger partial charge on any atom is 0.333 e. The number of rotatable bonds is 4. The largest absolute Gasteiger partial charge is 0.497 e. The molecule has 0 aliphatic rings. The van der Waals surface area contributed by atoms with Crippen molar-refractivity contribution < 1.29 is 4.74 Å². The van der Waals surface area contributed by atoms with Crippen molar-refractivity contribution in [2.24, 2.45) is 7.05 Å². The zero-order valence-corrected chi connectivity index (χ0v) is 13.8. The van der Waals surface area contributed by atoms with Gasteiger partial charge in [0.15, 0.2) is 5.65 Å². The number of aromatic amines is 1. The first-order chi connectivity index (χ1) is 12.0. The predicted molar refractivity (Wildman–Crippen MR) is 96.3 cm³/mol. The lowest BCUT2D eigenvalue weighted by Gasteiger charge is -2.03. The molecule has 0 radical (unpaired) electrons. The van der Waals surface area contributed by atoms with E-state index in [1.54, 1.807) is 20.2 Å². The SMILES string of the molecule is C#CCn1c(=O)c2[nH]c(C=Cc3cccc(OC)c3)nc2n(C)c1=O. The fourth-order valence-corrected chi connectivity index (χ4v) is 2.50. The minimum Gasteiger partial charge on any atom is -0.497 e. The molecule has 7 nitrogen and oxygen atoms in total. The molecule has 0 unspecified atom stereocenters. The molecule has 126 valence electrons. The van der Waals surface area contributed by atoms with Gasteiger partial charge in [-0.25, -0.2) is 14.3 Å². The van der Waals surface area contributed by atoms with Gasteiger partial charge in [-0.3, -0.25) is 9.36 Å². The van der Waals surface area contributed by atoms with Crippen molar-refractivity contribution in [1.29, 1.82) is 0 Å². The van der Waals surface area contributed by atoms with E-state index < -0.39 is 11.2 Å². The Bertz CT molecular complexity index is 1130. The fraction of sp³-hybridized carbons (Fsp3) is 0.167. The Labute approximate surface area is 143 Å². The zero-order valence-electron chi connectivity index (χ0n) is 13.8. The second-order valence-corrected chi connectivity index (χ2v) is 5.37. The summed E-state index contributed by atoms with van der Waals surface area (Å²) in [4.78, 5) is 31.9. The average Bonchev–Trinajstić information content (AvgIpc) is 3.06. The topological polar surface area (TPSA) is 81.9 Å². The van der Waals surface area contributed by atoms with Crippen LogP contribution in [0.15, 0.2) is 33.9 Å². The number of benzene rings is 1. The lowest BCUT2D eigenvalue weighted by molar-refractivity contribution is 0.414. The van der Waals surface area contributed by atoms with E-state index in [0.717, 1.165) is 15.9 Å². The fourth-order valence-electron chi connectivity index (χ4n) is 2.50. The van der Waals surface area contributed by atoms with Crippen molar-refractivity contribution in [2.45, 2.75) is 6.54 Å². The van der Waals surface area contributed by atoms with Gasteiger partial charge in [-0.1, -0.05) is 24.1 Å². The van der Waals surface area contributed by atoms with Gasteiger partial charge >= 0.3 is 5.69 Å². The maximum absolute atomic E-state index is 12.4. The van der Waals surface area contributed by atoms with Crippen LogP contribution in [0.4, 0.5) is 0 Å². The highest BCUT2D eigenvalue weighted by Crippen LogP contribution is 2.15. The monoisotopic (exact) mass is 336 g/mol. The Kier molecular flexibility index (Phi) is 4.27. The first kappa shape index (κ1) is 16.3. The second kappa shape index (κ2) is 6.53. The van der Waals surface area contributed by atoms with E-state index in [2.05, 4.69) is 15.9 Å². The molecule has 0 saturated heterocycles. The third kappa shape index (κ3) is 2.97. The summed E-state index contributed by atoms with van der Waals surface area (Å²) in [6, 6.07) is 7.51. The van der Waals surface area contributed by atoms with E-state index in [1.165, 1.54) is 4.57 Å². The molecule has 2 aromatic heterocycles. The van der Waals surface area contributed by atoms with Crippen LogP contribution in [-0.2, 0) is 13.6 Å². The minimum atomic E-state index is -0.495. The number of nitrogens with zero attached hydrogens (tertiary/aromatic N) is 3. The Morgan fingerprint density at radius 3 is 2.88 bits per heavy atom. The molecular weight excluding hydrogens is 320 g/mol. The number of nitrogens with one attached hydrogen (secondary N) is 1. The smallest absolute Gasteiger partial charge is 0.333 e. The number of hydrogen-bond donors (Lipinski definition) is 1. The Morgan fingerprint density at radius 2 is 2.16 bits per heavy atom. The molecule has 3 aromatic rings. The highest BCUT2D eigenvalue weighted by atomic mass is 16.5. The zero-order chi connectivity index (χ0) is 18.0. The second-order valence-electron chi connectivity index (χ2n) is 5.37. The predicted octanol–water partition coefficient (Wildman–Crippen LogP) is 1.24. The number of aromatic nitrogens is 4. The molecule has 0 spiro atoms. The maximum atomic E-state index is 12.4. The molecule has 0 fully saturated rings. The van der Waals surface area contributed by atoms with Crippen LogP contribution in [0, 0.1) is 12.3 Å². The first-order valence-electron chi connectivity index (χ1n) is 7.50. The number of imidazole rings is 1. The number of aryl methyl sites for hydroxylation is 1. The molecule has 0 saturated carbocycles. The van der Waals surface area contributed by atoms with E-state index in [1.807, 2.05) is 30.3 Å². The van der Waals surface area contributed by atoms with Gasteiger partial charge in [0.1, 0.15) is 17.1 Å². The molecule has 2 heterocycles. The molecule has 1 aromatic carbocycles. The van der Waals surface area contributed by atoms with Gasteiger partial charge in [-0.05, 0) is 23.8 Å². The Hall–Kier alpha value is -3.53. The van der Waals surface area contributed by atoms with Crippen LogP contribution in [0.3, 0.4) is 0 Å². The first-order valence-corrected chi connectivity index (χ1v) is 7.50. The molecule has 0 amide bonds. The number of terminal acetylenes is 1. The third-order valence-corrected chi connectivity index (χ3v) is 3.77. The quantitative estimate of drug-likeness (QED) is 0.727. The molecule has 25 heavy (non-hydrogen) atoms. The highest BCUT2D eigenvalue weighted by Gasteiger charge is 2.13. The van der Waals surface area contributed by atoms with E-state index in [9.17, 15) is 9.59 Å². The van der Waals surface area contributed by atoms with Crippen molar-refractivity contribution in [1.82, 2.24) is 19.1 Å². The van der Waals surface area contributed by atoms with Crippen LogP contribution >= 0.6 is 0 Å². The lowest BCUT2D eigenvalue weighted by Crippen LogP contribution is -2.38. The van der Waals surface area contributed by atoms with Crippen LogP contribution < -0.4 is 16.0 Å². The van der Waals surface area contributed by atoms with Crippen molar-refractivity contribution in [3.05, 3.63) is 56.5 Å². The van der Waals surface area contributed by atoms with Crippen LogP contribution in [0.2, 0.25) is 0 Å². The molecule has 7 heteroatoms. The van der Waals surface area contributed by atoms with Gasteiger partial charge in [0.25, 0.3) is 5.56 Å². The van der Waals surface area contributed by atoms with Crippen molar-refractivity contribution in [2.75, 3.05) is 7.11 Å². The van der Waals surface area contributed by atoms with E-state index >= 15 is 0 Å². The number of H-pyrrole nitrogens is 1. The lowest BCUT2D eigenvalue weighted by atomic mass is 10.2. The van der Waals surface area contributed by atoms with Gasteiger partial charge in [0, 0.05) is 7.05 Å². The van der Waals surface area contributed by atoms with Crippen molar-refractivity contribution in [3.63, 3.8) is 0 Å². The average molecular weight is 336 g/mol. The summed E-state index contributed by atoms with van der Waals surface area (Å²) in [5.41, 5.74) is 0.462. The summed E-state index contributed by atoms with van der Waals surface area (Å²) in [6.07, 6.45) is 8.79. The molecule has 0 bridgehead atoms. The van der Waals surface area contributed by atoms with Gasteiger partial charge < -0.3 is 9.72 Å². The Morgan fingerprint density at radius 1 is 1.36 bits per heavy atom. The molecule has 3 rings (SSSR count). The summed E-state index contributed by atoms with van der Waals surface area (Å²) < 4.78 is 7.48. The summed E-state index contributed by atoms with van der Waals surface area (Å²) in [5, 5.41) is 0. The molecule has 0 aliphatic carbocycles. The third-order valence-electron chi connectivity index (χ3n) is 3.77. The number of ether oxygens (including phenoxy) is 1. The van der Waals surface area contributed by atoms with Crippen LogP contribution in [-0.4, -0.2) is 26.2 Å². The van der Waals surface area contributed by atoms with Crippen LogP contribution in [0.5, 0.6) is 5.75 Å². The van der Waals surface area contributed by atoms with E-state index in [4.69, 9.17) is 11.2 Å². The highest BCUT2D eigenvalue weighted by molar-refractivity contribution is 5.75. The molecule has 0 aliphatic heterocycles. The number of hydrogen-bond acceptors (Lipinski definition) is 4. The van der Waals surface area contributed by atoms with Gasteiger partial charge in [0.05, 0.1) is 13.7 Å². The van der Waals surface area contributed by atoms with E-state index in [0.29, 0.717) is 5.82 Å². The standard InChI is InChI=1S/C18H16N4O3/c1-4-10-22-17(23)15-16(21(2)18(22)24)20-14(19-15)9-8-12-6-5-7-13(11-12)25-3/h1,5-9,11H,10H2,2-3H3,(H,19,20). The van der Waals surface area contributed by atoms with Crippen LogP contribution in [0.25, 0.3) is 23.3 Å². The number of methoxy groups -OCH3 is 1. The molecule has 1 N–H and O–H groups in total. The van der Waals surface area contributed by atoms with Gasteiger partial charge in [-0.15, -0.1) is 6.42 Å². The summed E-state index contributed by atoms with van der Waals surface area (Å²) >= 11 is 0. The summed E-state index contributed by atoms with van der Waals surface area (Å²) in [5.74, 6) is 3.51. The van der Waals surface area contributed by atoms with Crippen molar-refractivity contribution >= 4 is 23.3 Å². The Balaban J connectivity index is 2.07. The molecule has 0 atom stereocenters. The normalized spacial score (nSPS) is 11.1. The number of fused-ring (bicyclic) bond motifs is 1. The van der Waals surface area contributed by atoms with Gasteiger partial charge in [0.2, 0.25) is 0 Å². The summed E-state index contributed by atoms with van der Waals surface area (Å²) in [7, 11) is 3.15. The van der Waals surface area contributed by atoms with Gasteiger partial charge in [-0.2, -0.15) is 0 Å². The minimum absolute atomic E-state index is 0.0878. The van der Waals surface area contributed by atoms with Crippen LogP contribution in [0.1, 0.15) is 11.4 Å². The molecular formula is C18H16N4O3.